The Hall–Kier alpha value is -1.88. The first kappa shape index (κ1) is 15.5. The van der Waals surface area contributed by atoms with Gasteiger partial charge in [-0.1, -0.05) is 18.5 Å². The summed E-state index contributed by atoms with van der Waals surface area (Å²) in [6.07, 6.45) is 0.770. The summed E-state index contributed by atoms with van der Waals surface area (Å²) in [6, 6.07) is 4.15. The normalized spacial score (nSPS) is 10.7. The molecule has 112 valence electrons. The average molecular weight is 311 g/mol. The van der Waals surface area contributed by atoms with Gasteiger partial charge in [-0.2, -0.15) is 5.10 Å². The van der Waals surface area contributed by atoms with E-state index in [-0.39, 0.29) is 23.5 Å². The molecule has 2 rings (SSSR count). The number of carbonyl (C=O) groups is 1. The topological polar surface area (TPSA) is 44.1 Å². The molecule has 0 atom stereocenters. The van der Waals surface area contributed by atoms with E-state index in [1.54, 1.807) is 11.7 Å². The Morgan fingerprint density at radius 2 is 2.19 bits per heavy atom. The predicted molar refractivity (Wildman–Crippen MR) is 78.6 cm³/mol. The molecule has 0 amide bonds. The molecule has 2 aromatic rings. The highest BCUT2D eigenvalue weighted by atomic mass is 35.5. The van der Waals surface area contributed by atoms with Crippen molar-refractivity contribution >= 4 is 17.4 Å². The first-order valence-corrected chi connectivity index (χ1v) is 6.92. The summed E-state index contributed by atoms with van der Waals surface area (Å²) in [4.78, 5) is 12.3. The highest BCUT2D eigenvalue weighted by Crippen LogP contribution is 2.23. The molecule has 1 heterocycles. The Labute approximate surface area is 127 Å². The number of Topliss-reactive ketones (excluding diaryl/α,β-unsaturated/α-hetero) is 1. The number of methoxy groups -OCH3 is 1. The zero-order chi connectivity index (χ0) is 15.6. The number of ketones is 1. The van der Waals surface area contributed by atoms with E-state index in [9.17, 15) is 9.18 Å². The van der Waals surface area contributed by atoms with Gasteiger partial charge in [-0.3, -0.25) is 9.48 Å². The van der Waals surface area contributed by atoms with E-state index in [1.165, 1.54) is 25.3 Å². The summed E-state index contributed by atoms with van der Waals surface area (Å²) >= 11 is 6.21. The van der Waals surface area contributed by atoms with E-state index in [1.807, 2.05) is 6.92 Å². The molecule has 4 nitrogen and oxygen atoms in total. The fourth-order valence-corrected chi connectivity index (χ4v) is 2.47. The molecule has 21 heavy (non-hydrogen) atoms. The number of aryl methyl sites for hydroxylation is 2. The van der Waals surface area contributed by atoms with Crippen LogP contribution in [0.4, 0.5) is 4.39 Å². The first-order valence-electron chi connectivity index (χ1n) is 6.54. The number of benzene rings is 1. The summed E-state index contributed by atoms with van der Waals surface area (Å²) in [5.41, 5.74) is 1.67. The number of halogens is 2. The van der Waals surface area contributed by atoms with Crippen LogP contribution in [0.5, 0.6) is 5.75 Å². The first-order chi connectivity index (χ1) is 9.97. The van der Waals surface area contributed by atoms with E-state index in [2.05, 4.69) is 5.10 Å². The quantitative estimate of drug-likeness (QED) is 0.797. The molecule has 0 bridgehead atoms. The van der Waals surface area contributed by atoms with E-state index >= 15 is 0 Å². The van der Waals surface area contributed by atoms with Crippen molar-refractivity contribution in [3.63, 3.8) is 0 Å². The Morgan fingerprint density at radius 3 is 2.71 bits per heavy atom. The van der Waals surface area contributed by atoms with Gasteiger partial charge < -0.3 is 4.74 Å². The van der Waals surface area contributed by atoms with Crippen LogP contribution in [0.25, 0.3) is 0 Å². The van der Waals surface area contributed by atoms with Gasteiger partial charge in [0.15, 0.2) is 17.3 Å². The monoisotopic (exact) mass is 310 g/mol. The van der Waals surface area contributed by atoms with E-state index in [4.69, 9.17) is 16.3 Å². The molecule has 0 fully saturated rings. The van der Waals surface area contributed by atoms with E-state index in [0.29, 0.717) is 17.1 Å². The molecule has 0 N–H and O–H groups in total. The number of carbonyl (C=O) groups excluding carboxylic acids is 1. The summed E-state index contributed by atoms with van der Waals surface area (Å²) in [7, 11) is 3.11. The van der Waals surface area contributed by atoms with Crippen LogP contribution >= 0.6 is 11.6 Å². The van der Waals surface area contributed by atoms with Crippen molar-refractivity contribution in [3.05, 3.63) is 46.0 Å². The molecule has 0 spiro atoms. The van der Waals surface area contributed by atoms with Crippen molar-refractivity contribution in [1.82, 2.24) is 9.78 Å². The third-order valence-electron chi connectivity index (χ3n) is 3.30. The number of rotatable bonds is 5. The minimum Gasteiger partial charge on any atom is -0.494 e. The molecule has 0 aliphatic rings. The van der Waals surface area contributed by atoms with E-state index in [0.717, 1.165) is 5.69 Å². The standard InChI is InChI=1S/C15H16ClFN2O2/c1-4-11-15(16)12(19(2)18-11)8-13(20)9-5-6-14(21-3)10(17)7-9/h5-7H,4,8H2,1-3H3. The van der Waals surface area contributed by atoms with Crippen LogP contribution in [0.3, 0.4) is 0 Å². The SMILES string of the molecule is CCc1nn(C)c(CC(=O)c2ccc(OC)c(F)c2)c1Cl. The average Bonchev–Trinajstić information content (AvgIpc) is 2.74. The Bertz CT molecular complexity index is 683. The van der Waals surface area contributed by atoms with Crippen molar-refractivity contribution < 1.29 is 13.9 Å². The number of nitrogens with zero attached hydrogens (tertiary/aromatic N) is 2. The highest BCUT2D eigenvalue weighted by Gasteiger charge is 2.18. The number of ether oxygens (including phenoxy) is 1. The van der Waals surface area contributed by atoms with Crippen molar-refractivity contribution in [3.8, 4) is 5.75 Å². The minimum absolute atomic E-state index is 0.0775. The van der Waals surface area contributed by atoms with Crippen LogP contribution in [-0.2, 0) is 19.9 Å². The lowest BCUT2D eigenvalue weighted by Gasteiger charge is -2.05. The number of aromatic nitrogens is 2. The van der Waals surface area contributed by atoms with Gasteiger partial charge in [-0.25, -0.2) is 4.39 Å². The molecule has 1 aromatic heterocycles. The van der Waals surface area contributed by atoms with Gasteiger partial charge in [-0.15, -0.1) is 0 Å². The maximum absolute atomic E-state index is 13.6. The molecule has 0 aliphatic heterocycles. The molecule has 0 aliphatic carbocycles. The zero-order valence-corrected chi connectivity index (χ0v) is 12.9. The van der Waals surface area contributed by atoms with Crippen LogP contribution in [0.1, 0.15) is 28.7 Å². The molecule has 0 radical (unpaired) electrons. The largest absolute Gasteiger partial charge is 0.494 e. The fourth-order valence-electron chi connectivity index (χ4n) is 2.11. The van der Waals surface area contributed by atoms with Crippen LogP contribution in [-0.4, -0.2) is 22.7 Å². The highest BCUT2D eigenvalue weighted by molar-refractivity contribution is 6.32. The van der Waals surface area contributed by atoms with Crippen molar-refractivity contribution in [2.45, 2.75) is 19.8 Å². The van der Waals surface area contributed by atoms with Crippen molar-refractivity contribution in [1.29, 1.82) is 0 Å². The molecule has 0 unspecified atom stereocenters. The summed E-state index contributed by atoms with van der Waals surface area (Å²) in [6.45, 7) is 1.94. The van der Waals surface area contributed by atoms with Crippen molar-refractivity contribution in [2.75, 3.05) is 7.11 Å². The lowest BCUT2D eigenvalue weighted by molar-refractivity contribution is 0.0990. The van der Waals surface area contributed by atoms with Gasteiger partial charge in [0, 0.05) is 12.6 Å². The second-order valence-electron chi connectivity index (χ2n) is 4.63. The lowest BCUT2D eigenvalue weighted by Crippen LogP contribution is -2.09. The lowest BCUT2D eigenvalue weighted by atomic mass is 10.1. The summed E-state index contributed by atoms with van der Waals surface area (Å²) < 4.78 is 20.1. The molecule has 6 heteroatoms. The van der Waals surface area contributed by atoms with Crippen LogP contribution in [0.15, 0.2) is 18.2 Å². The van der Waals surface area contributed by atoms with Gasteiger partial charge in [0.25, 0.3) is 0 Å². The van der Waals surface area contributed by atoms with Gasteiger partial charge >= 0.3 is 0 Å². The molecular formula is C15H16ClFN2O2. The van der Waals surface area contributed by atoms with Crippen LogP contribution < -0.4 is 4.74 Å². The molecule has 0 saturated heterocycles. The maximum atomic E-state index is 13.6. The van der Waals surface area contributed by atoms with Gasteiger partial charge in [-0.05, 0) is 24.6 Å². The van der Waals surface area contributed by atoms with Gasteiger partial charge in [0.2, 0.25) is 0 Å². The second kappa shape index (κ2) is 6.26. The van der Waals surface area contributed by atoms with Crippen molar-refractivity contribution in [2.24, 2.45) is 7.05 Å². The predicted octanol–water partition coefficient (Wildman–Crippen LogP) is 3.21. The molecule has 0 saturated carbocycles. The Balaban J connectivity index is 2.26. The Morgan fingerprint density at radius 1 is 1.48 bits per heavy atom. The van der Waals surface area contributed by atoms with Crippen LogP contribution in [0.2, 0.25) is 5.02 Å². The van der Waals surface area contributed by atoms with E-state index < -0.39 is 5.82 Å². The van der Waals surface area contributed by atoms with Gasteiger partial charge in [0.05, 0.1) is 29.9 Å². The Kier molecular flexibility index (Phi) is 4.63. The summed E-state index contributed by atoms with van der Waals surface area (Å²) in [5, 5.41) is 4.76. The fraction of sp³-hybridized carbons (Fsp3) is 0.333. The maximum Gasteiger partial charge on any atom is 0.168 e. The third kappa shape index (κ3) is 3.08. The molecular weight excluding hydrogens is 295 g/mol. The number of hydrogen-bond acceptors (Lipinski definition) is 3. The summed E-state index contributed by atoms with van der Waals surface area (Å²) in [5.74, 6) is -0.670. The number of hydrogen-bond donors (Lipinski definition) is 0. The zero-order valence-electron chi connectivity index (χ0n) is 12.1. The minimum atomic E-state index is -0.561. The van der Waals surface area contributed by atoms with Gasteiger partial charge in [0.1, 0.15) is 0 Å². The van der Waals surface area contributed by atoms with Crippen LogP contribution in [0, 0.1) is 5.82 Å². The third-order valence-corrected chi connectivity index (χ3v) is 3.74. The molecule has 1 aromatic carbocycles. The second-order valence-corrected chi connectivity index (χ2v) is 5.01. The smallest absolute Gasteiger partial charge is 0.168 e.